The topological polar surface area (TPSA) is 105 Å². The molecule has 3 rings (SSSR count). The summed E-state index contributed by atoms with van der Waals surface area (Å²) in [6.45, 7) is -0.370. The van der Waals surface area contributed by atoms with E-state index in [1.165, 1.54) is 16.7 Å². The van der Waals surface area contributed by atoms with E-state index in [4.69, 9.17) is 5.73 Å². The third-order valence-electron chi connectivity index (χ3n) is 3.94. The summed E-state index contributed by atoms with van der Waals surface area (Å²) in [4.78, 5) is 12.4. The normalized spacial score (nSPS) is 11.8. The van der Waals surface area contributed by atoms with Gasteiger partial charge in [0.15, 0.2) is 5.69 Å². The van der Waals surface area contributed by atoms with Gasteiger partial charge in [-0.2, -0.15) is 13.2 Å². The zero-order valence-corrected chi connectivity index (χ0v) is 15.5. The van der Waals surface area contributed by atoms with Crippen LogP contribution in [0.15, 0.2) is 58.8 Å². The minimum Gasteiger partial charge on any atom is -0.493 e. The lowest BCUT2D eigenvalue weighted by Crippen LogP contribution is -2.19. The monoisotopic (exact) mass is 421 g/mol. The maximum atomic E-state index is 12.8. The second-order valence-corrected chi connectivity index (χ2v) is 6.36. The van der Waals surface area contributed by atoms with Crippen molar-refractivity contribution >= 4 is 45.5 Å². The number of alkyl halides is 3. The van der Waals surface area contributed by atoms with Gasteiger partial charge in [-0.05, 0) is 36.5 Å². The third-order valence-corrected chi connectivity index (χ3v) is 4.02. The number of aromatic hydroxyl groups is 1. The molecule has 0 fully saturated rings. The van der Waals surface area contributed by atoms with Crippen molar-refractivity contribution in [1.82, 2.24) is 4.57 Å². The first-order valence-corrected chi connectivity index (χ1v) is 8.56. The molecule has 7 nitrogen and oxygen atoms in total. The van der Waals surface area contributed by atoms with Crippen LogP contribution >= 0.6 is 12.2 Å². The predicted octanol–water partition coefficient (Wildman–Crippen LogP) is 4.33. The number of fused-ring (bicyclic) bond motifs is 1. The van der Waals surface area contributed by atoms with Crippen molar-refractivity contribution in [3.8, 4) is 5.88 Å². The maximum absolute atomic E-state index is 12.8. The Labute approximate surface area is 167 Å². The van der Waals surface area contributed by atoms with Gasteiger partial charge in [-0.3, -0.25) is 4.79 Å². The van der Waals surface area contributed by atoms with Gasteiger partial charge in [0.1, 0.15) is 6.54 Å². The summed E-state index contributed by atoms with van der Waals surface area (Å²) in [5.41, 5.74) is 4.93. The first-order valence-electron chi connectivity index (χ1n) is 8.15. The number of benzene rings is 2. The van der Waals surface area contributed by atoms with Crippen molar-refractivity contribution in [3.05, 3.63) is 54.1 Å². The van der Waals surface area contributed by atoms with Crippen LogP contribution in [0.5, 0.6) is 5.88 Å². The number of para-hydroxylation sites is 1. The molecule has 0 saturated carbocycles. The molecule has 0 aliphatic rings. The molecule has 0 aliphatic carbocycles. The van der Waals surface area contributed by atoms with Crippen LogP contribution in [-0.2, 0) is 17.5 Å². The minimum atomic E-state index is -4.53. The molecule has 2 aromatic carbocycles. The molecule has 0 unspecified atom stereocenters. The van der Waals surface area contributed by atoms with E-state index in [0.29, 0.717) is 10.9 Å². The number of nitrogens with one attached hydrogen (secondary N) is 1. The summed E-state index contributed by atoms with van der Waals surface area (Å²) in [6.07, 6.45) is -4.53. The summed E-state index contributed by atoms with van der Waals surface area (Å²) in [5, 5.41) is 20.5. The molecule has 0 bridgehead atoms. The molecular formula is C18H14F3N5O2S. The quantitative estimate of drug-likeness (QED) is 0.431. The lowest BCUT2D eigenvalue weighted by Gasteiger charge is -2.11. The first kappa shape index (κ1) is 20.3. The van der Waals surface area contributed by atoms with Crippen molar-refractivity contribution in [2.45, 2.75) is 12.7 Å². The number of amides is 1. The van der Waals surface area contributed by atoms with Gasteiger partial charge >= 0.3 is 6.18 Å². The number of nitrogens with zero attached hydrogens (tertiary/aromatic N) is 3. The van der Waals surface area contributed by atoms with E-state index in [1.54, 1.807) is 24.3 Å². The highest BCUT2D eigenvalue weighted by molar-refractivity contribution is 7.80. The van der Waals surface area contributed by atoms with Crippen LogP contribution in [0.4, 0.5) is 24.5 Å². The molecule has 4 N–H and O–H groups in total. The number of anilines is 1. The fraction of sp³-hybridized carbons (Fsp3) is 0.111. The molecule has 0 saturated heterocycles. The van der Waals surface area contributed by atoms with Crippen molar-refractivity contribution in [2.24, 2.45) is 16.0 Å². The third kappa shape index (κ3) is 4.51. The van der Waals surface area contributed by atoms with E-state index in [9.17, 15) is 23.1 Å². The molecule has 29 heavy (non-hydrogen) atoms. The Hall–Kier alpha value is -3.47. The number of carbonyl (C=O) groups excluding carboxylic acids is 1. The zero-order valence-electron chi connectivity index (χ0n) is 14.6. The minimum absolute atomic E-state index is 0.0193. The average Bonchev–Trinajstić information content (AvgIpc) is 2.91. The van der Waals surface area contributed by atoms with Crippen LogP contribution in [0, 0.1) is 0 Å². The highest BCUT2D eigenvalue weighted by Gasteiger charge is 2.30. The number of azo groups is 1. The average molecular weight is 421 g/mol. The van der Waals surface area contributed by atoms with Crippen LogP contribution in [0.1, 0.15) is 5.56 Å². The molecule has 3 aromatic rings. The van der Waals surface area contributed by atoms with Gasteiger partial charge in [0.2, 0.25) is 16.9 Å². The van der Waals surface area contributed by atoms with E-state index in [0.717, 1.165) is 12.1 Å². The molecule has 0 aliphatic heterocycles. The van der Waals surface area contributed by atoms with E-state index in [2.05, 4.69) is 27.8 Å². The Morgan fingerprint density at radius 3 is 2.62 bits per heavy atom. The van der Waals surface area contributed by atoms with Crippen molar-refractivity contribution < 1.29 is 23.1 Å². The van der Waals surface area contributed by atoms with Crippen molar-refractivity contribution in [3.63, 3.8) is 0 Å². The SMILES string of the molecule is NC(=S)N=Nc1c(O)n(CC(=O)Nc2cccc(C(F)(F)F)c2)c2ccccc12. The Kier molecular flexibility index (Phi) is 5.50. The Balaban J connectivity index is 1.90. The van der Waals surface area contributed by atoms with E-state index >= 15 is 0 Å². The lowest BCUT2D eigenvalue weighted by atomic mass is 10.2. The Morgan fingerprint density at radius 2 is 1.93 bits per heavy atom. The summed E-state index contributed by atoms with van der Waals surface area (Å²) in [6, 6.07) is 11.0. The van der Waals surface area contributed by atoms with Gasteiger partial charge in [0.25, 0.3) is 0 Å². The van der Waals surface area contributed by atoms with Gasteiger partial charge in [0.05, 0.1) is 11.1 Å². The summed E-state index contributed by atoms with van der Waals surface area (Å²) in [5.74, 6) is -0.997. The van der Waals surface area contributed by atoms with E-state index in [1.807, 2.05) is 0 Å². The summed E-state index contributed by atoms with van der Waals surface area (Å²) in [7, 11) is 0. The van der Waals surface area contributed by atoms with Crippen LogP contribution in [0.25, 0.3) is 10.9 Å². The number of halogens is 3. The molecule has 1 amide bonds. The first-order chi connectivity index (χ1) is 13.7. The van der Waals surface area contributed by atoms with Gasteiger partial charge < -0.3 is 20.7 Å². The number of rotatable bonds is 4. The summed E-state index contributed by atoms with van der Waals surface area (Å²) >= 11 is 4.63. The number of thiocarbonyl (C=S) groups is 1. The van der Waals surface area contributed by atoms with Crippen molar-refractivity contribution in [2.75, 3.05) is 5.32 Å². The van der Waals surface area contributed by atoms with Gasteiger partial charge in [0, 0.05) is 11.1 Å². The number of hydrogen-bond donors (Lipinski definition) is 3. The van der Waals surface area contributed by atoms with Crippen LogP contribution in [0.3, 0.4) is 0 Å². The second-order valence-electron chi connectivity index (χ2n) is 5.94. The molecule has 150 valence electrons. The van der Waals surface area contributed by atoms with E-state index in [-0.39, 0.29) is 28.9 Å². The predicted molar refractivity (Wildman–Crippen MR) is 105 cm³/mol. The van der Waals surface area contributed by atoms with Gasteiger partial charge in [-0.15, -0.1) is 10.2 Å². The van der Waals surface area contributed by atoms with Crippen LogP contribution < -0.4 is 11.1 Å². The molecule has 11 heteroatoms. The summed E-state index contributed by atoms with van der Waals surface area (Å²) < 4.78 is 39.7. The molecule has 0 atom stereocenters. The zero-order chi connectivity index (χ0) is 21.2. The largest absolute Gasteiger partial charge is 0.493 e. The Morgan fingerprint density at radius 1 is 1.21 bits per heavy atom. The molecule has 0 radical (unpaired) electrons. The van der Waals surface area contributed by atoms with Crippen molar-refractivity contribution in [1.29, 1.82) is 0 Å². The fourth-order valence-corrected chi connectivity index (χ4v) is 2.79. The van der Waals surface area contributed by atoms with Gasteiger partial charge in [-0.25, -0.2) is 0 Å². The lowest BCUT2D eigenvalue weighted by molar-refractivity contribution is -0.137. The second kappa shape index (κ2) is 7.87. The highest BCUT2D eigenvalue weighted by atomic mass is 32.1. The van der Waals surface area contributed by atoms with Crippen LogP contribution in [0.2, 0.25) is 0 Å². The smallest absolute Gasteiger partial charge is 0.416 e. The number of carbonyl (C=O) groups is 1. The number of aromatic nitrogens is 1. The Bertz CT molecular complexity index is 1120. The number of hydrogen-bond acceptors (Lipinski definition) is 4. The standard InChI is InChI=1S/C18H14F3N5O2S/c19-18(20,21)10-4-3-5-11(8-10)23-14(27)9-26-13-7-2-1-6-12(13)15(16(26)28)24-25-17(22)29/h1-8,28H,9H2,(H2,22,29)(H,23,27). The number of nitrogens with two attached hydrogens (primary N) is 1. The fourth-order valence-electron chi connectivity index (χ4n) is 2.75. The molecule has 1 heterocycles. The molecule has 1 aromatic heterocycles. The van der Waals surface area contributed by atoms with E-state index < -0.39 is 17.6 Å². The molecular weight excluding hydrogens is 407 g/mol. The molecule has 0 spiro atoms. The highest BCUT2D eigenvalue weighted by Crippen LogP contribution is 2.38. The van der Waals surface area contributed by atoms with Crippen LogP contribution in [-0.4, -0.2) is 20.7 Å². The maximum Gasteiger partial charge on any atom is 0.416 e. The van der Waals surface area contributed by atoms with Gasteiger partial charge in [-0.1, -0.05) is 24.3 Å².